The number of rotatable bonds is 0. The molecule has 4 heteroatoms. The quantitative estimate of drug-likeness (QED) is 0.707. The van der Waals surface area contributed by atoms with Gasteiger partial charge in [-0.15, -0.1) is 11.3 Å². The van der Waals surface area contributed by atoms with Gasteiger partial charge in [0.25, 0.3) is 0 Å². The van der Waals surface area contributed by atoms with Crippen molar-refractivity contribution in [2.75, 3.05) is 6.54 Å². The van der Waals surface area contributed by atoms with Gasteiger partial charge in [0.1, 0.15) is 5.60 Å². The minimum atomic E-state index is -0.424. The summed E-state index contributed by atoms with van der Waals surface area (Å²) in [6.45, 7) is 8.51. The maximum atomic E-state index is 12.1. The first-order valence-corrected chi connectivity index (χ1v) is 6.82. The van der Waals surface area contributed by atoms with Crippen LogP contribution in [0, 0.1) is 0 Å². The Labute approximate surface area is 106 Å². The number of carbonyl (C=O) groups is 1. The van der Waals surface area contributed by atoms with Crippen LogP contribution in [0.1, 0.15) is 44.2 Å². The van der Waals surface area contributed by atoms with Gasteiger partial charge >= 0.3 is 6.09 Å². The smallest absolute Gasteiger partial charge is 0.410 e. The number of nitrogens with zero attached hydrogens (tertiary/aromatic N) is 1. The van der Waals surface area contributed by atoms with Crippen LogP contribution in [0.4, 0.5) is 4.79 Å². The van der Waals surface area contributed by atoms with Crippen molar-refractivity contribution in [1.82, 2.24) is 4.90 Å². The predicted octanol–water partition coefficient (Wildman–Crippen LogP) is 3.60. The molecule has 1 aromatic heterocycles. The number of ether oxygens (including phenoxy) is 1. The lowest BCUT2D eigenvalue weighted by molar-refractivity contribution is 0.0164. The SMILES string of the molecule is CC1c2sccc2CCN1C(=O)OC(C)(C)C. The number of amides is 1. The number of thiophene rings is 1. The number of hydrogen-bond acceptors (Lipinski definition) is 3. The van der Waals surface area contributed by atoms with Gasteiger partial charge in [-0.3, -0.25) is 0 Å². The molecule has 0 aliphatic carbocycles. The van der Waals surface area contributed by atoms with Gasteiger partial charge < -0.3 is 9.64 Å². The molecule has 94 valence electrons. The Morgan fingerprint density at radius 3 is 2.88 bits per heavy atom. The van der Waals surface area contributed by atoms with E-state index in [4.69, 9.17) is 4.74 Å². The van der Waals surface area contributed by atoms with Crippen LogP contribution in [0.25, 0.3) is 0 Å². The highest BCUT2D eigenvalue weighted by atomic mass is 32.1. The second kappa shape index (κ2) is 4.33. The van der Waals surface area contributed by atoms with E-state index in [1.807, 2.05) is 25.7 Å². The molecule has 2 heterocycles. The normalized spacial score (nSPS) is 20.0. The van der Waals surface area contributed by atoms with Crippen molar-refractivity contribution in [3.63, 3.8) is 0 Å². The van der Waals surface area contributed by atoms with Crippen molar-refractivity contribution in [2.24, 2.45) is 0 Å². The van der Waals surface area contributed by atoms with Crippen LogP contribution in [0.15, 0.2) is 11.4 Å². The van der Waals surface area contributed by atoms with Crippen molar-refractivity contribution >= 4 is 17.4 Å². The lowest BCUT2D eigenvalue weighted by Crippen LogP contribution is -2.41. The van der Waals surface area contributed by atoms with Crippen LogP contribution in [0.2, 0.25) is 0 Å². The summed E-state index contributed by atoms with van der Waals surface area (Å²) in [5.41, 5.74) is 0.953. The largest absolute Gasteiger partial charge is 0.444 e. The molecular weight excluding hydrogens is 234 g/mol. The molecule has 0 saturated carbocycles. The molecule has 1 aliphatic heterocycles. The van der Waals surface area contributed by atoms with Crippen LogP contribution >= 0.6 is 11.3 Å². The molecular formula is C13H19NO2S. The minimum Gasteiger partial charge on any atom is -0.444 e. The molecule has 1 amide bonds. The summed E-state index contributed by atoms with van der Waals surface area (Å²) in [7, 11) is 0. The van der Waals surface area contributed by atoms with Crippen LogP contribution in [-0.2, 0) is 11.2 Å². The average Bonchev–Trinajstić information content (AvgIpc) is 2.63. The molecule has 1 aromatic rings. The second-order valence-electron chi connectivity index (χ2n) is 5.41. The van der Waals surface area contributed by atoms with Gasteiger partial charge in [0.2, 0.25) is 0 Å². The Kier molecular flexibility index (Phi) is 3.17. The third-order valence-corrected chi connectivity index (χ3v) is 4.01. The summed E-state index contributed by atoms with van der Waals surface area (Å²) in [5, 5.41) is 2.10. The number of carbonyl (C=O) groups excluding carboxylic acids is 1. The van der Waals surface area contributed by atoms with E-state index in [0.29, 0.717) is 0 Å². The van der Waals surface area contributed by atoms with Gasteiger partial charge in [0.15, 0.2) is 0 Å². The third kappa shape index (κ3) is 2.63. The molecule has 0 radical (unpaired) electrons. The van der Waals surface area contributed by atoms with Crippen LogP contribution in [-0.4, -0.2) is 23.1 Å². The fraction of sp³-hybridized carbons (Fsp3) is 0.615. The van der Waals surface area contributed by atoms with E-state index in [9.17, 15) is 4.79 Å². The molecule has 0 fully saturated rings. The number of hydrogen-bond donors (Lipinski definition) is 0. The molecule has 2 rings (SSSR count). The Hall–Kier alpha value is -1.03. The van der Waals surface area contributed by atoms with Gasteiger partial charge in [-0.1, -0.05) is 0 Å². The lowest BCUT2D eigenvalue weighted by Gasteiger charge is -2.34. The summed E-state index contributed by atoms with van der Waals surface area (Å²) in [6, 6.07) is 2.29. The van der Waals surface area contributed by atoms with Gasteiger partial charge in [0, 0.05) is 11.4 Å². The van der Waals surface area contributed by atoms with E-state index in [1.165, 1.54) is 10.4 Å². The minimum absolute atomic E-state index is 0.133. The molecule has 0 spiro atoms. The van der Waals surface area contributed by atoms with Gasteiger partial charge in [-0.05, 0) is 51.1 Å². The standard InChI is InChI=1S/C13H19NO2S/c1-9-11-10(6-8-17-11)5-7-14(9)12(15)16-13(2,3)4/h6,8-9H,5,7H2,1-4H3. The van der Waals surface area contributed by atoms with Crippen molar-refractivity contribution in [3.8, 4) is 0 Å². The first-order valence-electron chi connectivity index (χ1n) is 5.94. The first kappa shape index (κ1) is 12.4. The molecule has 1 aliphatic rings. The Morgan fingerprint density at radius 2 is 2.24 bits per heavy atom. The maximum absolute atomic E-state index is 12.1. The fourth-order valence-corrected chi connectivity index (χ4v) is 3.09. The average molecular weight is 253 g/mol. The summed E-state index contributed by atoms with van der Waals surface area (Å²) in [4.78, 5) is 15.2. The van der Waals surface area contributed by atoms with Gasteiger partial charge in [0.05, 0.1) is 6.04 Å². The highest BCUT2D eigenvalue weighted by Gasteiger charge is 2.31. The van der Waals surface area contributed by atoms with Crippen LogP contribution in [0.3, 0.4) is 0 Å². The molecule has 0 bridgehead atoms. The summed E-state index contributed by atoms with van der Waals surface area (Å²) in [6.07, 6.45) is 0.728. The Balaban J connectivity index is 2.12. The monoisotopic (exact) mass is 253 g/mol. The summed E-state index contributed by atoms with van der Waals surface area (Å²) >= 11 is 1.72. The summed E-state index contributed by atoms with van der Waals surface area (Å²) in [5.74, 6) is 0. The van der Waals surface area contributed by atoms with E-state index in [1.54, 1.807) is 11.3 Å². The van der Waals surface area contributed by atoms with Gasteiger partial charge in [-0.25, -0.2) is 4.79 Å². The maximum Gasteiger partial charge on any atom is 0.410 e. The fourth-order valence-electron chi connectivity index (χ4n) is 2.07. The molecule has 0 saturated heterocycles. The van der Waals surface area contributed by atoms with E-state index < -0.39 is 5.60 Å². The molecule has 1 atom stereocenters. The van der Waals surface area contributed by atoms with Crippen molar-refractivity contribution in [1.29, 1.82) is 0 Å². The van der Waals surface area contributed by atoms with E-state index >= 15 is 0 Å². The summed E-state index contributed by atoms with van der Waals surface area (Å²) < 4.78 is 5.43. The zero-order valence-electron chi connectivity index (χ0n) is 10.8. The van der Waals surface area contributed by atoms with Gasteiger partial charge in [-0.2, -0.15) is 0 Å². The number of fused-ring (bicyclic) bond motifs is 1. The van der Waals surface area contributed by atoms with E-state index in [2.05, 4.69) is 18.4 Å². The zero-order valence-corrected chi connectivity index (χ0v) is 11.6. The highest BCUT2D eigenvalue weighted by Crippen LogP contribution is 2.34. The van der Waals surface area contributed by atoms with Crippen molar-refractivity contribution in [3.05, 3.63) is 21.9 Å². The van der Waals surface area contributed by atoms with Crippen molar-refractivity contribution < 1.29 is 9.53 Å². The third-order valence-electron chi connectivity index (χ3n) is 2.88. The lowest BCUT2D eigenvalue weighted by atomic mass is 10.0. The molecule has 0 aromatic carbocycles. The van der Waals surface area contributed by atoms with E-state index in [0.717, 1.165) is 13.0 Å². The van der Waals surface area contributed by atoms with Crippen LogP contribution < -0.4 is 0 Å². The molecule has 17 heavy (non-hydrogen) atoms. The molecule has 0 N–H and O–H groups in total. The highest BCUT2D eigenvalue weighted by molar-refractivity contribution is 7.10. The zero-order chi connectivity index (χ0) is 12.6. The predicted molar refractivity (Wildman–Crippen MR) is 69.4 cm³/mol. The molecule has 3 nitrogen and oxygen atoms in total. The Morgan fingerprint density at radius 1 is 1.53 bits per heavy atom. The van der Waals surface area contributed by atoms with Crippen LogP contribution in [0.5, 0.6) is 0 Å². The first-order chi connectivity index (χ1) is 7.88. The topological polar surface area (TPSA) is 29.5 Å². The second-order valence-corrected chi connectivity index (χ2v) is 6.36. The van der Waals surface area contributed by atoms with E-state index in [-0.39, 0.29) is 12.1 Å². The Bertz CT molecular complexity index is 419. The van der Waals surface area contributed by atoms with Crippen molar-refractivity contribution in [2.45, 2.75) is 45.8 Å². The molecule has 1 unspecified atom stereocenters.